The van der Waals surface area contributed by atoms with Gasteiger partial charge in [-0.25, -0.2) is 0 Å². The van der Waals surface area contributed by atoms with E-state index in [1.54, 1.807) is 37.6 Å². The third-order valence-corrected chi connectivity index (χ3v) is 4.74. The van der Waals surface area contributed by atoms with E-state index in [2.05, 4.69) is 20.8 Å². The number of rotatable bonds is 6. The number of thioether (sulfide) groups is 1. The third-order valence-electron chi connectivity index (χ3n) is 3.80. The number of aromatic nitrogens is 3. The fraction of sp³-hybridized carbons (Fsp3) is 0.158. The van der Waals surface area contributed by atoms with Gasteiger partial charge in [0.2, 0.25) is 5.91 Å². The Morgan fingerprint density at radius 3 is 2.67 bits per heavy atom. The van der Waals surface area contributed by atoms with Crippen molar-refractivity contribution < 1.29 is 9.59 Å². The van der Waals surface area contributed by atoms with Crippen molar-refractivity contribution in [3.8, 4) is 5.69 Å². The summed E-state index contributed by atoms with van der Waals surface area (Å²) in [6.07, 6.45) is 1.62. The summed E-state index contributed by atoms with van der Waals surface area (Å²) in [6, 6.07) is 14.8. The maximum atomic E-state index is 12.3. The molecule has 2 aromatic carbocycles. The zero-order valence-electron chi connectivity index (χ0n) is 15.0. The first-order valence-electron chi connectivity index (χ1n) is 8.28. The fourth-order valence-electron chi connectivity index (χ4n) is 2.41. The van der Waals surface area contributed by atoms with E-state index in [-0.39, 0.29) is 17.6 Å². The van der Waals surface area contributed by atoms with Gasteiger partial charge in [0.25, 0.3) is 5.91 Å². The van der Waals surface area contributed by atoms with Crippen LogP contribution < -0.4 is 10.6 Å². The van der Waals surface area contributed by atoms with Crippen molar-refractivity contribution in [2.45, 2.75) is 12.1 Å². The highest BCUT2D eigenvalue weighted by molar-refractivity contribution is 7.99. The van der Waals surface area contributed by atoms with E-state index in [9.17, 15) is 9.59 Å². The molecule has 8 heteroatoms. The molecule has 138 valence electrons. The Hall–Kier alpha value is -3.13. The van der Waals surface area contributed by atoms with Crippen molar-refractivity contribution in [3.63, 3.8) is 0 Å². The van der Waals surface area contributed by atoms with Gasteiger partial charge in [-0.1, -0.05) is 35.5 Å². The monoisotopic (exact) mass is 381 g/mol. The molecule has 0 aliphatic carbocycles. The summed E-state index contributed by atoms with van der Waals surface area (Å²) >= 11 is 1.29. The molecule has 0 unspecified atom stereocenters. The molecular formula is C19H19N5O2S. The summed E-state index contributed by atoms with van der Waals surface area (Å²) in [5, 5.41) is 14.0. The van der Waals surface area contributed by atoms with E-state index in [1.165, 1.54) is 17.3 Å². The van der Waals surface area contributed by atoms with Gasteiger partial charge in [-0.2, -0.15) is 0 Å². The summed E-state index contributed by atoms with van der Waals surface area (Å²) in [5.74, 6) is -0.214. The Morgan fingerprint density at radius 2 is 1.93 bits per heavy atom. The average molecular weight is 381 g/mol. The second-order valence-corrected chi connectivity index (χ2v) is 6.76. The van der Waals surface area contributed by atoms with Gasteiger partial charge in [0.1, 0.15) is 6.33 Å². The van der Waals surface area contributed by atoms with Gasteiger partial charge < -0.3 is 10.6 Å². The lowest BCUT2D eigenvalue weighted by atomic mass is 10.2. The summed E-state index contributed by atoms with van der Waals surface area (Å²) in [4.78, 5) is 23.9. The van der Waals surface area contributed by atoms with Gasteiger partial charge in [0.05, 0.1) is 5.75 Å². The van der Waals surface area contributed by atoms with Gasteiger partial charge >= 0.3 is 0 Å². The molecule has 2 amide bonds. The Labute approximate surface area is 161 Å². The predicted octanol–water partition coefficient (Wildman–Crippen LogP) is 2.67. The number of carbonyl (C=O) groups excluding carboxylic acids is 2. The molecule has 7 nitrogen and oxygen atoms in total. The number of aryl methyl sites for hydroxylation is 1. The number of carbonyl (C=O) groups is 2. The lowest BCUT2D eigenvalue weighted by Crippen LogP contribution is -2.19. The van der Waals surface area contributed by atoms with Crippen LogP contribution in [0.4, 0.5) is 5.69 Å². The van der Waals surface area contributed by atoms with Crippen LogP contribution in [0.1, 0.15) is 15.9 Å². The molecule has 0 atom stereocenters. The van der Waals surface area contributed by atoms with E-state index in [0.717, 1.165) is 5.69 Å². The maximum Gasteiger partial charge on any atom is 0.251 e. The molecular weight excluding hydrogens is 362 g/mol. The lowest BCUT2D eigenvalue weighted by molar-refractivity contribution is -0.113. The summed E-state index contributed by atoms with van der Waals surface area (Å²) in [5.41, 5.74) is 3.16. The quantitative estimate of drug-likeness (QED) is 0.641. The van der Waals surface area contributed by atoms with Crippen LogP contribution in [0.5, 0.6) is 0 Å². The van der Waals surface area contributed by atoms with Crippen LogP contribution in [0.2, 0.25) is 0 Å². The number of benzene rings is 2. The zero-order chi connectivity index (χ0) is 19.2. The SMILES string of the molecule is CNC(=O)c1cccc(NC(=O)CSc2nncn2-c2ccc(C)cc2)c1. The first-order valence-corrected chi connectivity index (χ1v) is 9.27. The molecule has 1 aromatic heterocycles. The highest BCUT2D eigenvalue weighted by Crippen LogP contribution is 2.20. The number of anilines is 1. The van der Waals surface area contributed by atoms with Crippen molar-refractivity contribution in [1.29, 1.82) is 0 Å². The smallest absolute Gasteiger partial charge is 0.251 e. The molecule has 0 spiro atoms. The highest BCUT2D eigenvalue weighted by Gasteiger charge is 2.11. The Kier molecular flexibility index (Phi) is 5.87. The fourth-order valence-corrected chi connectivity index (χ4v) is 3.14. The molecule has 2 N–H and O–H groups in total. The number of nitrogens with zero attached hydrogens (tertiary/aromatic N) is 3. The molecule has 0 aliphatic heterocycles. The highest BCUT2D eigenvalue weighted by atomic mass is 32.2. The van der Waals surface area contributed by atoms with Crippen LogP contribution in [0.3, 0.4) is 0 Å². The largest absolute Gasteiger partial charge is 0.355 e. The molecule has 0 radical (unpaired) electrons. The first kappa shape index (κ1) is 18.7. The molecule has 27 heavy (non-hydrogen) atoms. The van der Waals surface area contributed by atoms with E-state index in [0.29, 0.717) is 16.4 Å². The zero-order valence-corrected chi connectivity index (χ0v) is 15.8. The van der Waals surface area contributed by atoms with Crippen molar-refractivity contribution in [2.24, 2.45) is 0 Å². The normalized spacial score (nSPS) is 10.4. The Morgan fingerprint density at radius 1 is 1.15 bits per heavy atom. The van der Waals surface area contributed by atoms with Gasteiger partial charge in [-0.3, -0.25) is 14.2 Å². The second-order valence-electron chi connectivity index (χ2n) is 5.82. The Bertz CT molecular complexity index is 953. The van der Waals surface area contributed by atoms with E-state index < -0.39 is 0 Å². The maximum absolute atomic E-state index is 12.3. The molecule has 0 aliphatic rings. The van der Waals surface area contributed by atoms with E-state index in [4.69, 9.17) is 0 Å². The van der Waals surface area contributed by atoms with Gasteiger partial charge in [-0.15, -0.1) is 10.2 Å². The van der Waals surface area contributed by atoms with Gasteiger partial charge in [0.15, 0.2) is 5.16 Å². The first-order chi connectivity index (χ1) is 13.1. The minimum atomic E-state index is -0.202. The average Bonchev–Trinajstić information content (AvgIpc) is 3.15. The minimum absolute atomic E-state index is 0.175. The predicted molar refractivity (Wildman–Crippen MR) is 105 cm³/mol. The van der Waals surface area contributed by atoms with Gasteiger partial charge in [-0.05, 0) is 37.3 Å². The van der Waals surface area contributed by atoms with E-state index in [1.807, 2.05) is 35.8 Å². The summed E-state index contributed by atoms with van der Waals surface area (Å²) < 4.78 is 1.84. The van der Waals surface area contributed by atoms with Crippen molar-refractivity contribution in [3.05, 3.63) is 66.0 Å². The molecule has 0 fully saturated rings. The topological polar surface area (TPSA) is 88.9 Å². The standard InChI is InChI=1S/C19H19N5O2S/c1-13-6-8-16(9-7-13)24-12-21-23-19(24)27-11-17(25)22-15-5-3-4-14(10-15)18(26)20-2/h3-10,12H,11H2,1-2H3,(H,20,26)(H,22,25). The minimum Gasteiger partial charge on any atom is -0.355 e. The van der Waals surface area contributed by atoms with Crippen molar-refractivity contribution in [1.82, 2.24) is 20.1 Å². The number of amides is 2. The van der Waals surface area contributed by atoms with Crippen LogP contribution in [0.25, 0.3) is 5.69 Å². The molecule has 0 bridgehead atoms. The molecule has 0 saturated carbocycles. The van der Waals surface area contributed by atoms with Crippen LogP contribution in [0.15, 0.2) is 60.0 Å². The van der Waals surface area contributed by atoms with Crippen LogP contribution in [-0.4, -0.2) is 39.4 Å². The number of hydrogen-bond acceptors (Lipinski definition) is 5. The summed E-state index contributed by atoms with van der Waals surface area (Å²) in [7, 11) is 1.56. The lowest BCUT2D eigenvalue weighted by Gasteiger charge is -2.08. The van der Waals surface area contributed by atoms with Crippen molar-refractivity contribution >= 4 is 29.3 Å². The van der Waals surface area contributed by atoms with Crippen LogP contribution in [0, 0.1) is 6.92 Å². The molecule has 1 heterocycles. The van der Waals surface area contributed by atoms with Gasteiger partial charge in [0, 0.05) is 24.0 Å². The number of hydrogen-bond donors (Lipinski definition) is 2. The molecule has 3 rings (SSSR count). The summed E-state index contributed by atoms with van der Waals surface area (Å²) in [6.45, 7) is 2.02. The second kappa shape index (κ2) is 8.50. The van der Waals surface area contributed by atoms with Crippen LogP contribution in [-0.2, 0) is 4.79 Å². The Balaban J connectivity index is 1.63. The third kappa shape index (κ3) is 4.73. The van der Waals surface area contributed by atoms with Crippen molar-refractivity contribution in [2.75, 3.05) is 18.1 Å². The van der Waals surface area contributed by atoms with E-state index >= 15 is 0 Å². The van der Waals surface area contributed by atoms with Crippen LogP contribution >= 0.6 is 11.8 Å². The molecule has 3 aromatic rings. The molecule has 0 saturated heterocycles. The number of nitrogens with one attached hydrogen (secondary N) is 2.